The first-order valence-corrected chi connectivity index (χ1v) is 15.1. The van der Waals surface area contributed by atoms with Gasteiger partial charge in [-0.1, -0.05) is 93.8 Å². The van der Waals surface area contributed by atoms with Crippen LogP contribution in [0.1, 0.15) is 131 Å². The van der Waals surface area contributed by atoms with Gasteiger partial charge in [0, 0.05) is 5.56 Å². The van der Waals surface area contributed by atoms with E-state index in [4.69, 9.17) is 0 Å². The van der Waals surface area contributed by atoms with Gasteiger partial charge < -0.3 is 0 Å². The molecule has 0 N–H and O–H groups in total. The zero-order valence-electron chi connectivity index (χ0n) is 23.0. The van der Waals surface area contributed by atoms with E-state index in [1.165, 1.54) is 101 Å². The second kappa shape index (κ2) is 14.5. The number of aryl methyl sites for hydroxylation is 1. The second-order valence-corrected chi connectivity index (χ2v) is 11.6. The van der Waals surface area contributed by atoms with Crippen LogP contribution >= 0.6 is 0 Å². The second-order valence-electron chi connectivity index (χ2n) is 11.6. The van der Waals surface area contributed by atoms with Crippen LogP contribution in [0.25, 0.3) is 0 Å². The summed E-state index contributed by atoms with van der Waals surface area (Å²) in [6.45, 7) is 4.58. The van der Waals surface area contributed by atoms with Crippen LogP contribution in [0.2, 0.25) is 0 Å². The molecular weight excluding hydrogens is 432 g/mol. The largest absolute Gasteiger partial charge is 0.0730 e. The van der Waals surface area contributed by atoms with Crippen LogP contribution < -0.4 is 0 Å². The molecule has 2 aliphatic carbocycles. The summed E-state index contributed by atoms with van der Waals surface area (Å²) in [6, 6.07) is 18.6. The van der Waals surface area contributed by atoms with Crippen LogP contribution in [0.15, 0.2) is 60.7 Å². The summed E-state index contributed by atoms with van der Waals surface area (Å²) in [4.78, 5) is 0. The van der Waals surface area contributed by atoms with Crippen molar-refractivity contribution < 1.29 is 0 Å². The molecule has 2 fully saturated rings. The molecule has 2 aromatic rings. The van der Waals surface area contributed by atoms with Gasteiger partial charge in [-0.2, -0.15) is 0 Å². The Morgan fingerprint density at radius 2 is 1.28 bits per heavy atom. The van der Waals surface area contributed by atoms with Gasteiger partial charge in [0.2, 0.25) is 0 Å². The fourth-order valence-electron chi connectivity index (χ4n) is 6.41. The summed E-state index contributed by atoms with van der Waals surface area (Å²) >= 11 is 0. The number of hydrogen-bond acceptors (Lipinski definition) is 0. The van der Waals surface area contributed by atoms with Crippen molar-refractivity contribution in [2.45, 2.75) is 116 Å². The van der Waals surface area contributed by atoms with Crippen molar-refractivity contribution >= 4 is 0 Å². The van der Waals surface area contributed by atoms with E-state index in [1.807, 2.05) is 0 Å². The average Bonchev–Trinajstić information content (AvgIpc) is 2.94. The molecule has 0 aromatic heterocycles. The molecule has 0 aliphatic heterocycles. The maximum absolute atomic E-state index is 3.36. The zero-order chi connectivity index (χ0) is 25.0. The van der Waals surface area contributed by atoms with Crippen LogP contribution in [-0.2, 0) is 6.42 Å². The first-order chi connectivity index (χ1) is 17.7. The fraction of sp³-hybridized carbons (Fsp3) is 0.556. The van der Waals surface area contributed by atoms with E-state index < -0.39 is 0 Å². The quantitative estimate of drug-likeness (QED) is 0.313. The molecule has 192 valence electrons. The molecule has 0 saturated heterocycles. The van der Waals surface area contributed by atoms with Crippen molar-refractivity contribution in [1.82, 2.24) is 0 Å². The highest BCUT2D eigenvalue weighted by atomic mass is 14.3. The molecular formula is C36H48. The molecule has 0 radical (unpaired) electrons. The molecule has 4 rings (SSSR count). The normalized spacial score (nSPS) is 24.4. The zero-order valence-corrected chi connectivity index (χ0v) is 23.0. The summed E-state index contributed by atoms with van der Waals surface area (Å²) < 4.78 is 0. The third-order valence-corrected chi connectivity index (χ3v) is 8.90. The summed E-state index contributed by atoms with van der Waals surface area (Å²) in [7, 11) is 0. The van der Waals surface area contributed by atoms with E-state index in [0.29, 0.717) is 5.92 Å². The third kappa shape index (κ3) is 8.13. The predicted molar refractivity (Wildman–Crippen MR) is 156 cm³/mol. The van der Waals surface area contributed by atoms with Crippen LogP contribution in [0.4, 0.5) is 0 Å². The minimum Gasteiger partial charge on any atom is -0.0730 e. The first kappa shape index (κ1) is 26.8. The van der Waals surface area contributed by atoms with Crippen molar-refractivity contribution in [3.8, 4) is 11.8 Å². The van der Waals surface area contributed by atoms with Gasteiger partial charge in [0.1, 0.15) is 0 Å². The Kier molecular flexibility index (Phi) is 10.8. The van der Waals surface area contributed by atoms with Gasteiger partial charge in [-0.15, -0.1) is 0 Å². The molecule has 36 heavy (non-hydrogen) atoms. The molecule has 0 amide bonds. The predicted octanol–water partition coefficient (Wildman–Crippen LogP) is 10.4. The lowest BCUT2D eigenvalue weighted by Gasteiger charge is -2.28. The number of hydrogen-bond donors (Lipinski definition) is 0. The smallest absolute Gasteiger partial charge is 0.0249 e. The lowest BCUT2D eigenvalue weighted by molar-refractivity contribution is 0.304. The molecule has 0 heterocycles. The lowest BCUT2D eigenvalue weighted by atomic mass is 9.77. The standard InChI is InChI=1S/C36H48/c1-3-5-9-29-13-21-33(22-14-29)35-25-17-31(18-26-35)11-7-8-12-32-19-27-36(28-20-32)34-23-15-30(16-24-34)10-6-4-2/h7,11,13-14,19-22,27-28,30-31,34-35H,3-6,9-10,15-18,23-26H2,1-2H3/b11-7+. The van der Waals surface area contributed by atoms with Crippen molar-refractivity contribution in [2.75, 3.05) is 0 Å². The number of allylic oxidation sites excluding steroid dienone is 2. The summed E-state index contributed by atoms with van der Waals surface area (Å²) in [5.41, 5.74) is 5.71. The summed E-state index contributed by atoms with van der Waals surface area (Å²) in [6.07, 6.45) is 23.2. The molecule has 0 bridgehead atoms. The Morgan fingerprint density at radius 1 is 0.694 bits per heavy atom. The lowest BCUT2D eigenvalue weighted by Crippen LogP contribution is -2.13. The van der Waals surface area contributed by atoms with E-state index >= 15 is 0 Å². The third-order valence-electron chi connectivity index (χ3n) is 8.90. The molecule has 0 heteroatoms. The van der Waals surface area contributed by atoms with Gasteiger partial charge in [0.15, 0.2) is 0 Å². The van der Waals surface area contributed by atoms with Gasteiger partial charge >= 0.3 is 0 Å². The Bertz CT molecular complexity index is 965. The molecule has 0 nitrogen and oxygen atoms in total. The molecule has 0 atom stereocenters. The summed E-state index contributed by atoms with van der Waals surface area (Å²) in [5, 5.41) is 0. The minimum atomic E-state index is 0.689. The number of unbranched alkanes of at least 4 members (excludes halogenated alkanes) is 2. The first-order valence-electron chi connectivity index (χ1n) is 15.1. The maximum Gasteiger partial charge on any atom is 0.0249 e. The molecule has 2 saturated carbocycles. The van der Waals surface area contributed by atoms with Crippen LogP contribution in [0.3, 0.4) is 0 Å². The molecule has 0 unspecified atom stereocenters. The number of rotatable bonds is 9. The van der Waals surface area contributed by atoms with E-state index in [1.54, 1.807) is 5.56 Å². The van der Waals surface area contributed by atoms with Gasteiger partial charge in [-0.05, 0) is 123 Å². The Hall–Kier alpha value is -2.26. The van der Waals surface area contributed by atoms with E-state index in [2.05, 4.69) is 86.4 Å². The van der Waals surface area contributed by atoms with E-state index in [-0.39, 0.29) is 0 Å². The monoisotopic (exact) mass is 480 g/mol. The minimum absolute atomic E-state index is 0.689. The van der Waals surface area contributed by atoms with Gasteiger partial charge in [0.05, 0.1) is 0 Å². The SMILES string of the molecule is CCCCc1ccc(C2CCC(/C=C/C#Cc3ccc(C4CCC(CCCC)CC4)cc3)CC2)cc1. The van der Waals surface area contributed by atoms with Gasteiger partial charge in [0.25, 0.3) is 0 Å². The van der Waals surface area contributed by atoms with Crippen molar-refractivity contribution in [3.63, 3.8) is 0 Å². The molecule has 2 aromatic carbocycles. The van der Waals surface area contributed by atoms with Crippen LogP contribution in [0, 0.1) is 23.7 Å². The van der Waals surface area contributed by atoms with Crippen molar-refractivity contribution in [3.05, 3.63) is 82.9 Å². The highest BCUT2D eigenvalue weighted by molar-refractivity contribution is 5.39. The van der Waals surface area contributed by atoms with Gasteiger partial charge in [-0.3, -0.25) is 0 Å². The van der Waals surface area contributed by atoms with Crippen molar-refractivity contribution in [1.29, 1.82) is 0 Å². The summed E-state index contributed by atoms with van der Waals surface area (Å²) in [5.74, 6) is 9.85. The highest BCUT2D eigenvalue weighted by Crippen LogP contribution is 2.38. The fourth-order valence-corrected chi connectivity index (χ4v) is 6.41. The average molecular weight is 481 g/mol. The van der Waals surface area contributed by atoms with Crippen molar-refractivity contribution in [2.24, 2.45) is 11.8 Å². The molecule has 0 spiro atoms. The Morgan fingerprint density at radius 3 is 1.89 bits per heavy atom. The maximum atomic E-state index is 3.36. The topological polar surface area (TPSA) is 0 Å². The van der Waals surface area contributed by atoms with Crippen LogP contribution in [-0.4, -0.2) is 0 Å². The van der Waals surface area contributed by atoms with E-state index in [0.717, 1.165) is 23.3 Å². The Labute approximate surface area is 222 Å². The number of benzene rings is 2. The highest BCUT2D eigenvalue weighted by Gasteiger charge is 2.22. The van der Waals surface area contributed by atoms with Crippen LogP contribution in [0.5, 0.6) is 0 Å². The molecule has 2 aliphatic rings. The van der Waals surface area contributed by atoms with Gasteiger partial charge in [-0.25, -0.2) is 0 Å². The Balaban J connectivity index is 1.19. The van der Waals surface area contributed by atoms with E-state index in [9.17, 15) is 0 Å².